The third-order valence-corrected chi connectivity index (χ3v) is 3.54. The lowest BCUT2D eigenvalue weighted by atomic mass is 10.1. The van der Waals surface area contributed by atoms with Gasteiger partial charge in [0.1, 0.15) is 5.69 Å². The normalized spacial score (nSPS) is 10.6. The number of carbonyl (C=O) groups is 1. The average Bonchev–Trinajstić information content (AvgIpc) is 2.46. The second-order valence-electron chi connectivity index (χ2n) is 4.67. The molecule has 0 radical (unpaired) electrons. The number of benzene rings is 1. The number of halogens is 2. The first kappa shape index (κ1) is 16.2. The summed E-state index contributed by atoms with van der Waals surface area (Å²) in [6.07, 6.45) is 1.45. The third-order valence-electron chi connectivity index (χ3n) is 3.23. The van der Waals surface area contributed by atoms with E-state index in [1.807, 2.05) is 0 Å². The highest BCUT2D eigenvalue weighted by Crippen LogP contribution is 2.23. The van der Waals surface area contributed by atoms with Crippen LogP contribution in [0.3, 0.4) is 0 Å². The highest BCUT2D eigenvalue weighted by atomic mass is 35.5. The number of rotatable bonds is 3. The van der Waals surface area contributed by atoms with Gasteiger partial charge in [-0.3, -0.25) is 4.79 Å². The summed E-state index contributed by atoms with van der Waals surface area (Å²) < 4.78 is 19.9. The van der Waals surface area contributed by atoms with Crippen molar-refractivity contribution in [2.75, 3.05) is 6.61 Å². The second kappa shape index (κ2) is 6.27. The van der Waals surface area contributed by atoms with E-state index < -0.39 is 17.3 Å². The fraction of sp³-hybridized carbons (Fsp3) is 0.267. The Morgan fingerprint density at radius 3 is 2.73 bits per heavy atom. The molecule has 0 bridgehead atoms. The smallest absolute Gasteiger partial charge is 0.339 e. The maximum Gasteiger partial charge on any atom is 0.339 e. The van der Waals surface area contributed by atoms with Crippen LogP contribution in [0.25, 0.3) is 5.69 Å². The van der Waals surface area contributed by atoms with Crippen molar-refractivity contribution >= 4 is 17.6 Å². The Bertz CT molecular complexity index is 802. The van der Waals surface area contributed by atoms with Crippen LogP contribution in [0.15, 0.2) is 23.1 Å². The van der Waals surface area contributed by atoms with Crippen LogP contribution in [0.5, 0.6) is 0 Å². The molecule has 0 saturated carbocycles. The van der Waals surface area contributed by atoms with Gasteiger partial charge < -0.3 is 4.74 Å². The van der Waals surface area contributed by atoms with Crippen molar-refractivity contribution in [2.45, 2.75) is 20.8 Å². The lowest BCUT2D eigenvalue weighted by Crippen LogP contribution is -2.25. The van der Waals surface area contributed by atoms with Crippen molar-refractivity contribution in [3.63, 3.8) is 0 Å². The van der Waals surface area contributed by atoms with Gasteiger partial charge in [-0.1, -0.05) is 11.6 Å². The molecule has 0 N–H and O–H groups in total. The SMILES string of the molecule is CCOC(=O)c1cc(-n2ncc(C)c(C)c2=O)c(F)cc1Cl. The van der Waals surface area contributed by atoms with Gasteiger partial charge in [-0.25, -0.2) is 9.18 Å². The lowest BCUT2D eigenvalue weighted by Gasteiger charge is -2.11. The predicted octanol–water partition coefficient (Wildman–Crippen LogP) is 2.82. The van der Waals surface area contributed by atoms with Crippen molar-refractivity contribution < 1.29 is 13.9 Å². The molecule has 0 aliphatic rings. The van der Waals surface area contributed by atoms with E-state index in [0.717, 1.165) is 10.7 Å². The number of nitrogens with zero attached hydrogens (tertiary/aromatic N) is 2. The van der Waals surface area contributed by atoms with E-state index >= 15 is 0 Å². The van der Waals surface area contributed by atoms with Gasteiger partial charge in [0.05, 0.1) is 23.4 Å². The molecule has 0 atom stereocenters. The highest BCUT2D eigenvalue weighted by molar-refractivity contribution is 6.33. The number of hydrogen-bond acceptors (Lipinski definition) is 4. The summed E-state index contributed by atoms with van der Waals surface area (Å²) >= 11 is 5.87. The second-order valence-corrected chi connectivity index (χ2v) is 5.08. The summed E-state index contributed by atoms with van der Waals surface area (Å²) in [5, 5.41) is 3.83. The van der Waals surface area contributed by atoms with Crippen LogP contribution in [0.4, 0.5) is 4.39 Å². The van der Waals surface area contributed by atoms with E-state index in [-0.39, 0.29) is 22.9 Å². The molecular formula is C15H14ClFN2O3. The van der Waals surface area contributed by atoms with Gasteiger partial charge >= 0.3 is 5.97 Å². The molecule has 2 aromatic rings. The van der Waals surface area contributed by atoms with Crippen LogP contribution >= 0.6 is 11.6 Å². The summed E-state index contributed by atoms with van der Waals surface area (Å²) in [4.78, 5) is 24.0. The summed E-state index contributed by atoms with van der Waals surface area (Å²) in [6.45, 7) is 5.15. The molecular weight excluding hydrogens is 311 g/mol. The fourth-order valence-corrected chi connectivity index (χ4v) is 2.09. The fourth-order valence-electron chi connectivity index (χ4n) is 1.86. The van der Waals surface area contributed by atoms with Crippen LogP contribution in [0.2, 0.25) is 5.02 Å². The molecule has 116 valence electrons. The summed E-state index contributed by atoms with van der Waals surface area (Å²) in [6, 6.07) is 2.13. The Morgan fingerprint density at radius 1 is 1.41 bits per heavy atom. The van der Waals surface area contributed by atoms with Crippen LogP contribution in [0, 0.1) is 19.7 Å². The Morgan fingerprint density at radius 2 is 2.09 bits per heavy atom. The Balaban J connectivity index is 2.66. The zero-order valence-corrected chi connectivity index (χ0v) is 13.1. The minimum Gasteiger partial charge on any atom is -0.462 e. The first-order valence-electron chi connectivity index (χ1n) is 6.58. The summed E-state index contributed by atoms with van der Waals surface area (Å²) in [5.41, 5.74) is 0.506. The average molecular weight is 325 g/mol. The predicted molar refractivity (Wildman–Crippen MR) is 80.2 cm³/mol. The Labute approximate surface area is 131 Å². The molecule has 1 heterocycles. The largest absolute Gasteiger partial charge is 0.462 e. The summed E-state index contributed by atoms with van der Waals surface area (Å²) in [5.74, 6) is -1.44. The minimum absolute atomic E-state index is 0.0214. The molecule has 0 saturated heterocycles. The van der Waals surface area contributed by atoms with E-state index in [9.17, 15) is 14.0 Å². The number of esters is 1. The minimum atomic E-state index is -0.754. The number of hydrogen-bond donors (Lipinski definition) is 0. The van der Waals surface area contributed by atoms with Gasteiger partial charge in [-0.2, -0.15) is 9.78 Å². The highest BCUT2D eigenvalue weighted by Gasteiger charge is 2.18. The molecule has 1 aromatic heterocycles. The first-order valence-corrected chi connectivity index (χ1v) is 6.96. The molecule has 22 heavy (non-hydrogen) atoms. The number of ether oxygens (including phenoxy) is 1. The van der Waals surface area contributed by atoms with Crippen LogP contribution < -0.4 is 5.56 Å². The van der Waals surface area contributed by atoms with Crippen molar-refractivity contribution in [1.29, 1.82) is 0 Å². The standard InChI is InChI=1S/C15H14ClFN2O3/c1-4-22-15(21)10-5-13(12(17)6-11(10)16)19-14(20)9(3)8(2)7-18-19/h5-7H,4H2,1-3H3. The Hall–Kier alpha value is -2.21. The monoisotopic (exact) mass is 324 g/mol. The van der Waals surface area contributed by atoms with Gasteiger partial charge in [-0.05, 0) is 38.5 Å². The first-order chi connectivity index (χ1) is 10.4. The zero-order valence-electron chi connectivity index (χ0n) is 12.3. The molecule has 1 aromatic carbocycles. The molecule has 0 amide bonds. The third kappa shape index (κ3) is 2.87. The van der Waals surface area contributed by atoms with E-state index in [2.05, 4.69) is 5.10 Å². The van der Waals surface area contributed by atoms with E-state index in [1.165, 1.54) is 12.3 Å². The van der Waals surface area contributed by atoms with Crippen molar-refractivity contribution in [2.24, 2.45) is 0 Å². The van der Waals surface area contributed by atoms with E-state index in [0.29, 0.717) is 11.1 Å². The molecule has 0 spiro atoms. The zero-order chi connectivity index (χ0) is 16.4. The molecule has 5 nitrogen and oxygen atoms in total. The molecule has 7 heteroatoms. The topological polar surface area (TPSA) is 61.2 Å². The lowest BCUT2D eigenvalue weighted by molar-refractivity contribution is 0.0526. The van der Waals surface area contributed by atoms with Crippen molar-refractivity contribution in [3.05, 3.63) is 56.2 Å². The van der Waals surface area contributed by atoms with Gasteiger partial charge in [0.2, 0.25) is 0 Å². The van der Waals surface area contributed by atoms with Crippen LogP contribution in [-0.4, -0.2) is 22.4 Å². The molecule has 0 aliphatic heterocycles. The van der Waals surface area contributed by atoms with Crippen molar-refractivity contribution in [3.8, 4) is 5.69 Å². The van der Waals surface area contributed by atoms with Crippen molar-refractivity contribution in [1.82, 2.24) is 9.78 Å². The van der Waals surface area contributed by atoms with E-state index in [1.54, 1.807) is 20.8 Å². The van der Waals surface area contributed by atoms with Gasteiger partial charge in [-0.15, -0.1) is 0 Å². The van der Waals surface area contributed by atoms with Gasteiger partial charge in [0, 0.05) is 5.56 Å². The quantitative estimate of drug-likeness (QED) is 0.815. The molecule has 0 unspecified atom stereocenters. The van der Waals surface area contributed by atoms with E-state index in [4.69, 9.17) is 16.3 Å². The summed E-state index contributed by atoms with van der Waals surface area (Å²) in [7, 11) is 0. The number of aryl methyl sites for hydroxylation is 1. The maximum atomic E-state index is 14.1. The number of carbonyl (C=O) groups excluding carboxylic acids is 1. The Kier molecular flexibility index (Phi) is 4.61. The molecule has 0 aliphatic carbocycles. The van der Waals surface area contributed by atoms with Crippen LogP contribution in [-0.2, 0) is 4.74 Å². The molecule has 0 fully saturated rings. The van der Waals surface area contributed by atoms with Crippen LogP contribution in [0.1, 0.15) is 28.4 Å². The number of aromatic nitrogens is 2. The maximum absolute atomic E-state index is 14.1. The van der Waals surface area contributed by atoms with Gasteiger partial charge in [0.25, 0.3) is 5.56 Å². The molecule has 2 rings (SSSR count). The van der Waals surface area contributed by atoms with Gasteiger partial charge in [0.15, 0.2) is 5.82 Å².